The van der Waals surface area contributed by atoms with Gasteiger partial charge < -0.3 is 14.6 Å². The molecule has 1 N–H and O–H groups in total. The zero-order valence-corrected chi connectivity index (χ0v) is 8.60. The van der Waals surface area contributed by atoms with E-state index < -0.39 is 24.3 Å². The van der Waals surface area contributed by atoms with E-state index in [-0.39, 0.29) is 18.8 Å². The van der Waals surface area contributed by atoms with E-state index in [1.807, 2.05) is 0 Å². The second-order valence-corrected chi connectivity index (χ2v) is 2.68. The first-order valence-corrected chi connectivity index (χ1v) is 4.33. The number of carboxylic acid groups (broad SMARTS) is 1. The number of carbonyl (C=O) groups excluding carboxylic acids is 2. The predicted octanol–water partition coefficient (Wildman–Crippen LogP) is 0.290. The Bertz CT molecular complexity index is 317. The number of esters is 2. The first kappa shape index (κ1) is 13.9. The lowest BCUT2D eigenvalue weighted by Gasteiger charge is -2.05. The maximum Gasteiger partial charge on any atom is 0.334 e. The molecule has 16 heavy (non-hydrogen) atoms. The number of hydrogen-bond acceptors (Lipinski definition) is 5. The summed E-state index contributed by atoms with van der Waals surface area (Å²) >= 11 is 0. The average molecular weight is 228 g/mol. The lowest BCUT2D eigenvalue weighted by Crippen LogP contribution is -2.15. The third-order valence-corrected chi connectivity index (χ3v) is 1.38. The van der Waals surface area contributed by atoms with Gasteiger partial charge in [-0.15, -0.1) is 0 Å². The molecule has 0 atom stereocenters. The van der Waals surface area contributed by atoms with Crippen LogP contribution in [0.3, 0.4) is 0 Å². The molecular weight excluding hydrogens is 216 g/mol. The van der Waals surface area contributed by atoms with E-state index in [1.54, 1.807) is 0 Å². The van der Waals surface area contributed by atoms with Crippen LogP contribution in [-0.2, 0) is 23.9 Å². The van der Waals surface area contributed by atoms with Crippen molar-refractivity contribution in [2.75, 3.05) is 13.2 Å². The molecule has 0 aliphatic heterocycles. The van der Waals surface area contributed by atoms with Crippen molar-refractivity contribution in [3.8, 4) is 0 Å². The Kier molecular flexibility index (Phi) is 6.27. The minimum atomic E-state index is -1.17. The SMILES string of the molecule is C=CC(=O)OCCOC(=O)C(=C)CC(=O)O. The molecule has 0 unspecified atom stereocenters. The fourth-order valence-electron chi connectivity index (χ4n) is 0.692. The van der Waals surface area contributed by atoms with Crippen molar-refractivity contribution < 1.29 is 29.0 Å². The summed E-state index contributed by atoms with van der Waals surface area (Å²) in [6.45, 7) is 6.15. The number of hydrogen-bond donors (Lipinski definition) is 1. The summed E-state index contributed by atoms with van der Waals surface area (Å²) in [4.78, 5) is 31.8. The monoisotopic (exact) mass is 228 g/mol. The molecule has 0 aliphatic rings. The van der Waals surface area contributed by atoms with E-state index in [2.05, 4.69) is 22.6 Å². The van der Waals surface area contributed by atoms with Crippen molar-refractivity contribution in [2.24, 2.45) is 0 Å². The molecule has 0 amide bonds. The number of ether oxygens (including phenoxy) is 2. The van der Waals surface area contributed by atoms with Crippen LogP contribution < -0.4 is 0 Å². The molecule has 0 aliphatic carbocycles. The highest BCUT2D eigenvalue weighted by molar-refractivity contribution is 5.92. The fraction of sp³-hybridized carbons (Fsp3) is 0.300. The Labute approximate surface area is 92.2 Å². The van der Waals surface area contributed by atoms with Gasteiger partial charge in [-0.2, -0.15) is 0 Å². The van der Waals surface area contributed by atoms with Gasteiger partial charge in [0.2, 0.25) is 0 Å². The molecule has 0 aromatic heterocycles. The summed E-state index contributed by atoms with van der Waals surface area (Å²) < 4.78 is 9.11. The summed E-state index contributed by atoms with van der Waals surface area (Å²) in [5.41, 5.74) is -0.164. The molecule has 0 heterocycles. The molecule has 0 aromatic rings. The second kappa shape index (κ2) is 7.22. The van der Waals surface area contributed by atoms with Crippen molar-refractivity contribution in [2.45, 2.75) is 6.42 Å². The number of carbonyl (C=O) groups is 3. The summed E-state index contributed by atoms with van der Waals surface area (Å²) in [6.07, 6.45) is 0.496. The Balaban J connectivity index is 3.73. The standard InChI is InChI=1S/C10H12O6/c1-3-9(13)15-4-5-16-10(14)7(2)6-8(11)12/h3H,1-2,4-6H2,(H,11,12). The van der Waals surface area contributed by atoms with Crippen LogP contribution in [0.4, 0.5) is 0 Å². The lowest BCUT2D eigenvalue weighted by molar-refractivity contribution is -0.147. The molecule has 0 saturated carbocycles. The van der Waals surface area contributed by atoms with Gasteiger partial charge in [-0.1, -0.05) is 13.2 Å². The first-order valence-electron chi connectivity index (χ1n) is 4.33. The minimum absolute atomic E-state index is 0.114. The van der Waals surface area contributed by atoms with Gasteiger partial charge in [-0.3, -0.25) is 4.79 Å². The van der Waals surface area contributed by atoms with Crippen LogP contribution in [0.1, 0.15) is 6.42 Å². The predicted molar refractivity (Wildman–Crippen MR) is 53.5 cm³/mol. The first-order chi connectivity index (χ1) is 7.47. The molecule has 0 rings (SSSR count). The van der Waals surface area contributed by atoms with Crippen LogP contribution in [0.2, 0.25) is 0 Å². The van der Waals surface area contributed by atoms with Gasteiger partial charge in [0.25, 0.3) is 0 Å². The van der Waals surface area contributed by atoms with Gasteiger partial charge in [-0.25, -0.2) is 9.59 Å². The second-order valence-electron chi connectivity index (χ2n) is 2.68. The highest BCUT2D eigenvalue weighted by Crippen LogP contribution is 2.00. The van der Waals surface area contributed by atoms with Crippen LogP contribution in [0.15, 0.2) is 24.8 Å². The third kappa shape index (κ3) is 6.36. The normalized spacial score (nSPS) is 9.00. The van der Waals surface area contributed by atoms with Gasteiger partial charge in [0.05, 0.1) is 6.42 Å². The maximum atomic E-state index is 11.0. The van der Waals surface area contributed by atoms with Crippen LogP contribution >= 0.6 is 0 Å². The van der Waals surface area contributed by atoms with Crippen molar-refractivity contribution in [3.05, 3.63) is 24.8 Å². The fourth-order valence-corrected chi connectivity index (χ4v) is 0.692. The zero-order valence-electron chi connectivity index (χ0n) is 8.60. The van der Waals surface area contributed by atoms with E-state index in [0.29, 0.717) is 0 Å². The highest BCUT2D eigenvalue weighted by Gasteiger charge is 2.12. The van der Waals surface area contributed by atoms with Crippen molar-refractivity contribution >= 4 is 17.9 Å². The van der Waals surface area contributed by atoms with E-state index in [4.69, 9.17) is 5.11 Å². The Morgan fingerprint density at radius 2 is 1.75 bits per heavy atom. The van der Waals surface area contributed by atoms with Gasteiger partial charge in [0.1, 0.15) is 13.2 Å². The van der Waals surface area contributed by atoms with E-state index in [1.165, 1.54) is 0 Å². The lowest BCUT2D eigenvalue weighted by atomic mass is 10.2. The molecule has 0 aromatic carbocycles. The summed E-state index contributed by atoms with van der Waals surface area (Å²) in [5, 5.41) is 8.36. The van der Waals surface area contributed by atoms with Crippen molar-refractivity contribution in [3.63, 3.8) is 0 Å². The molecule has 88 valence electrons. The quantitative estimate of drug-likeness (QED) is 0.382. The topological polar surface area (TPSA) is 89.9 Å². The van der Waals surface area contributed by atoms with E-state index in [0.717, 1.165) is 6.08 Å². The van der Waals surface area contributed by atoms with Gasteiger partial charge in [0, 0.05) is 11.6 Å². The van der Waals surface area contributed by atoms with Crippen molar-refractivity contribution in [1.82, 2.24) is 0 Å². The van der Waals surface area contributed by atoms with Crippen LogP contribution in [0.25, 0.3) is 0 Å². The molecule has 0 radical (unpaired) electrons. The Hall–Kier alpha value is -2.11. The molecule has 0 bridgehead atoms. The number of rotatable bonds is 7. The van der Waals surface area contributed by atoms with E-state index in [9.17, 15) is 14.4 Å². The van der Waals surface area contributed by atoms with Crippen molar-refractivity contribution in [1.29, 1.82) is 0 Å². The van der Waals surface area contributed by atoms with Gasteiger partial charge in [0.15, 0.2) is 0 Å². The smallest absolute Gasteiger partial charge is 0.334 e. The molecule has 0 fully saturated rings. The molecular formula is C10H12O6. The average Bonchev–Trinajstić information content (AvgIpc) is 2.22. The summed E-state index contributed by atoms with van der Waals surface area (Å²) in [7, 11) is 0. The summed E-state index contributed by atoms with van der Waals surface area (Å²) in [5.74, 6) is -2.61. The number of aliphatic carboxylic acids is 1. The zero-order chi connectivity index (χ0) is 12.6. The minimum Gasteiger partial charge on any atom is -0.481 e. The van der Waals surface area contributed by atoms with E-state index >= 15 is 0 Å². The highest BCUT2D eigenvalue weighted by atomic mass is 16.6. The molecule has 0 spiro atoms. The van der Waals surface area contributed by atoms with Gasteiger partial charge in [-0.05, 0) is 0 Å². The third-order valence-electron chi connectivity index (χ3n) is 1.38. The maximum absolute atomic E-state index is 11.0. The largest absolute Gasteiger partial charge is 0.481 e. The Morgan fingerprint density at radius 3 is 2.25 bits per heavy atom. The van der Waals surface area contributed by atoms with Gasteiger partial charge >= 0.3 is 17.9 Å². The van der Waals surface area contributed by atoms with Crippen LogP contribution in [0, 0.1) is 0 Å². The van der Waals surface area contributed by atoms with Crippen LogP contribution in [0.5, 0.6) is 0 Å². The Morgan fingerprint density at radius 1 is 1.19 bits per heavy atom. The molecule has 6 heteroatoms. The van der Waals surface area contributed by atoms with Crippen LogP contribution in [-0.4, -0.2) is 36.2 Å². The number of carboxylic acids is 1. The summed E-state index contributed by atoms with van der Waals surface area (Å²) in [6, 6.07) is 0. The molecule has 6 nitrogen and oxygen atoms in total. The molecule has 0 saturated heterocycles.